The first-order chi connectivity index (χ1) is 5.81. The van der Waals surface area contributed by atoms with Gasteiger partial charge in [-0.05, 0) is 12.8 Å². The van der Waals surface area contributed by atoms with Crippen LogP contribution >= 0.6 is 0 Å². The van der Waals surface area contributed by atoms with E-state index in [4.69, 9.17) is 10.3 Å². The molecule has 0 atom stereocenters. The molecule has 0 aromatic carbocycles. The third kappa shape index (κ3) is 1.25. The van der Waals surface area contributed by atoms with Crippen LogP contribution in [0.3, 0.4) is 0 Å². The van der Waals surface area contributed by atoms with Crippen LogP contribution in [0, 0.1) is 0 Å². The van der Waals surface area contributed by atoms with Gasteiger partial charge in [0.25, 0.3) is 0 Å². The van der Waals surface area contributed by atoms with Crippen LogP contribution in [-0.4, -0.2) is 5.16 Å². The van der Waals surface area contributed by atoms with Gasteiger partial charge in [-0.3, -0.25) is 0 Å². The van der Waals surface area contributed by atoms with Crippen molar-refractivity contribution in [1.29, 1.82) is 0 Å². The van der Waals surface area contributed by atoms with Crippen LogP contribution in [0.2, 0.25) is 0 Å². The van der Waals surface area contributed by atoms with Crippen LogP contribution in [0.4, 0.5) is 0 Å². The zero-order valence-electron chi connectivity index (χ0n) is 7.12. The zero-order valence-corrected chi connectivity index (χ0v) is 7.12. The minimum absolute atomic E-state index is 0.203. The number of aromatic nitrogens is 1. The van der Waals surface area contributed by atoms with Crippen LogP contribution in [0.25, 0.3) is 0 Å². The molecule has 1 fully saturated rings. The summed E-state index contributed by atoms with van der Waals surface area (Å²) < 4.78 is 4.80. The van der Waals surface area contributed by atoms with E-state index < -0.39 is 0 Å². The molecule has 0 amide bonds. The Balaban J connectivity index is 2.19. The molecule has 3 heteroatoms. The van der Waals surface area contributed by atoms with E-state index in [1.807, 2.05) is 6.07 Å². The molecule has 1 heterocycles. The lowest BCUT2D eigenvalue weighted by molar-refractivity contribution is 0.278. The fourth-order valence-electron chi connectivity index (χ4n) is 1.91. The minimum Gasteiger partial charge on any atom is -0.364 e. The SMILES string of the molecule is NC1(c2ccon2)CCCCC1. The standard InChI is InChI=1S/C9H14N2O/c10-9(5-2-1-3-6-9)8-4-7-12-11-8/h4,7H,1-3,5-6,10H2. The van der Waals surface area contributed by atoms with Gasteiger partial charge in [0, 0.05) is 6.07 Å². The first kappa shape index (κ1) is 7.80. The highest BCUT2D eigenvalue weighted by molar-refractivity contribution is 5.11. The summed E-state index contributed by atoms with van der Waals surface area (Å²) in [6, 6.07) is 1.88. The summed E-state index contributed by atoms with van der Waals surface area (Å²) in [5, 5.41) is 3.91. The lowest BCUT2D eigenvalue weighted by Crippen LogP contribution is -2.38. The minimum atomic E-state index is -0.203. The monoisotopic (exact) mass is 166 g/mol. The van der Waals surface area contributed by atoms with Crippen LogP contribution in [0.15, 0.2) is 16.9 Å². The molecule has 2 N–H and O–H groups in total. The maximum atomic E-state index is 6.20. The molecule has 1 saturated carbocycles. The van der Waals surface area contributed by atoms with E-state index in [-0.39, 0.29) is 5.54 Å². The van der Waals surface area contributed by atoms with Gasteiger partial charge in [0.05, 0.1) is 5.54 Å². The Morgan fingerprint density at radius 3 is 2.67 bits per heavy atom. The summed E-state index contributed by atoms with van der Waals surface area (Å²) >= 11 is 0. The molecule has 0 spiro atoms. The predicted molar refractivity (Wildman–Crippen MR) is 45.5 cm³/mol. The van der Waals surface area contributed by atoms with Crippen LogP contribution in [-0.2, 0) is 5.54 Å². The molecule has 3 nitrogen and oxygen atoms in total. The molecule has 0 radical (unpaired) electrons. The van der Waals surface area contributed by atoms with Crippen molar-refractivity contribution in [2.45, 2.75) is 37.6 Å². The molecule has 1 aromatic heterocycles. The summed E-state index contributed by atoms with van der Waals surface area (Å²) in [6.45, 7) is 0. The Labute approximate surface area is 71.9 Å². The van der Waals surface area contributed by atoms with Crippen molar-refractivity contribution in [1.82, 2.24) is 5.16 Å². The van der Waals surface area contributed by atoms with Crippen molar-refractivity contribution >= 4 is 0 Å². The molecule has 12 heavy (non-hydrogen) atoms. The van der Waals surface area contributed by atoms with E-state index in [1.54, 1.807) is 6.26 Å². The average Bonchev–Trinajstić information content (AvgIpc) is 2.58. The molecule has 0 aliphatic heterocycles. The fraction of sp³-hybridized carbons (Fsp3) is 0.667. The lowest BCUT2D eigenvalue weighted by atomic mass is 9.80. The smallest absolute Gasteiger partial charge is 0.124 e. The third-order valence-corrected chi connectivity index (χ3v) is 2.69. The molecule has 0 saturated heterocycles. The number of nitrogens with two attached hydrogens (primary N) is 1. The van der Waals surface area contributed by atoms with Crippen LogP contribution in [0.5, 0.6) is 0 Å². The summed E-state index contributed by atoms with van der Waals surface area (Å²) in [7, 11) is 0. The van der Waals surface area contributed by atoms with Gasteiger partial charge >= 0.3 is 0 Å². The second-order valence-corrected chi connectivity index (χ2v) is 3.60. The van der Waals surface area contributed by atoms with Crippen LogP contribution in [0.1, 0.15) is 37.8 Å². The normalized spacial score (nSPS) is 22.4. The highest BCUT2D eigenvalue weighted by Crippen LogP contribution is 2.33. The van der Waals surface area contributed by atoms with Crippen molar-refractivity contribution < 1.29 is 4.52 Å². The largest absolute Gasteiger partial charge is 0.364 e. The predicted octanol–water partition coefficient (Wildman–Crippen LogP) is 1.79. The van der Waals surface area contributed by atoms with E-state index in [0.717, 1.165) is 18.5 Å². The van der Waals surface area contributed by atoms with E-state index in [9.17, 15) is 0 Å². The quantitative estimate of drug-likeness (QED) is 0.692. The van der Waals surface area contributed by atoms with Crippen molar-refractivity contribution in [3.05, 3.63) is 18.0 Å². The van der Waals surface area contributed by atoms with Gasteiger partial charge in [-0.1, -0.05) is 24.4 Å². The van der Waals surface area contributed by atoms with Crippen molar-refractivity contribution in [3.63, 3.8) is 0 Å². The Kier molecular flexibility index (Phi) is 1.89. The lowest BCUT2D eigenvalue weighted by Gasteiger charge is -2.30. The Bertz CT molecular complexity index is 237. The van der Waals surface area contributed by atoms with E-state index in [0.29, 0.717) is 0 Å². The first-order valence-electron chi connectivity index (χ1n) is 4.51. The second-order valence-electron chi connectivity index (χ2n) is 3.60. The van der Waals surface area contributed by atoms with Crippen LogP contribution < -0.4 is 5.73 Å². The fourth-order valence-corrected chi connectivity index (χ4v) is 1.91. The number of nitrogens with zero attached hydrogens (tertiary/aromatic N) is 1. The number of hydrogen-bond donors (Lipinski definition) is 1. The van der Waals surface area contributed by atoms with Crippen molar-refractivity contribution in [2.24, 2.45) is 5.73 Å². The Hall–Kier alpha value is -0.830. The molecule has 1 aliphatic carbocycles. The first-order valence-corrected chi connectivity index (χ1v) is 4.51. The average molecular weight is 166 g/mol. The molecule has 0 unspecified atom stereocenters. The topological polar surface area (TPSA) is 52.0 Å². The van der Waals surface area contributed by atoms with Gasteiger partial charge in [-0.2, -0.15) is 0 Å². The summed E-state index contributed by atoms with van der Waals surface area (Å²) in [6.07, 6.45) is 7.40. The molecule has 0 bridgehead atoms. The zero-order chi connectivity index (χ0) is 8.44. The van der Waals surface area contributed by atoms with Crippen molar-refractivity contribution in [2.75, 3.05) is 0 Å². The molecule has 66 valence electrons. The summed E-state index contributed by atoms with van der Waals surface area (Å²) in [5.74, 6) is 0. The Morgan fingerprint density at radius 2 is 2.08 bits per heavy atom. The van der Waals surface area contributed by atoms with Gasteiger partial charge in [0.1, 0.15) is 12.0 Å². The maximum Gasteiger partial charge on any atom is 0.124 e. The number of hydrogen-bond acceptors (Lipinski definition) is 3. The van der Waals surface area contributed by atoms with E-state index in [1.165, 1.54) is 19.3 Å². The molecule has 2 rings (SSSR count). The highest BCUT2D eigenvalue weighted by atomic mass is 16.5. The highest BCUT2D eigenvalue weighted by Gasteiger charge is 2.31. The molecule has 1 aromatic rings. The van der Waals surface area contributed by atoms with Gasteiger partial charge in [0.15, 0.2) is 0 Å². The van der Waals surface area contributed by atoms with Gasteiger partial charge < -0.3 is 10.3 Å². The molecular formula is C9H14N2O. The third-order valence-electron chi connectivity index (χ3n) is 2.69. The van der Waals surface area contributed by atoms with Crippen molar-refractivity contribution in [3.8, 4) is 0 Å². The van der Waals surface area contributed by atoms with E-state index in [2.05, 4.69) is 5.16 Å². The van der Waals surface area contributed by atoms with Gasteiger partial charge in [-0.25, -0.2) is 0 Å². The van der Waals surface area contributed by atoms with Gasteiger partial charge in [0.2, 0.25) is 0 Å². The molecule has 1 aliphatic rings. The molecular weight excluding hydrogens is 152 g/mol. The summed E-state index contributed by atoms with van der Waals surface area (Å²) in [4.78, 5) is 0. The Morgan fingerprint density at radius 1 is 1.33 bits per heavy atom. The maximum absolute atomic E-state index is 6.20. The second kappa shape index (κ2) is 2.90. The number of rotatable bonds is 1. The summed E-state index contributed by atoms with van der Waals surface area (Å²) in [5.41, 5.74) is 6.92. The van der Waals surface area contributed by atoms with E-state index >= 15 is 0 Å². The van der Waals surface area contributed by atoms with Gasteiger partial charge in [-0.15, -0.1) is 0 Å².